The number of nitro benzene ring substituents is 1. The van der Waals surface area contributed by atoms with Crippen LogP contribution in [-0.4, -0.2) is 25.5 Å². The SMILES string of the molecule is Cc1cccc(Oc2cc(NC(=O)C(C)Cn3cc([N+](=O)[O-])cn3)cc([N+](=O)[O-])c2)c1. The van der Waals surface area contributed by atoms with E-state index in [4.69, 9.17) is 4.74 Å². The standard InChI is InChI=1S/C20H19N5O6/c1-13-4-3-5-18(6-13)31-19-8-15(7-16(9-19)24(27)28)22-20(26)14(2)11-23-12-17(10-21-23)25(29)30/h3-10,12,14H,11H2,1-2H3,(H,22,26). The van der Waals surface area contributed by atoms with Gasteiger partial charge < -0.3 is 10.1 Å². The maximum atomic E-state index is 12.6. The zero-order valence-electron chi connectivity index (χ0n) is 16.7. The van der Waals surface area contributed by atoms with Gasteiger partial charge in [-0.05, 0) is 24.6 Å². The van der Waals surface area contributed by atoms with Gasteiger partial charge in [-0.15, -0.1) is 0 Å². The van der Waals surface area contributed by atoms with E-state index in [1.54, 1.807) is 25.1 Å². The van der Waals surface area contributed by atoms with Gasteiger partial charge in [-0.1, -0.05) is 19.1 Å². The molecular weight excluding hydrogens is 406 g/mol. The Hall–Kier alpha value is -4.28. The third-order valence-electron chi connectivity index (χ3n) is 4.33. The number of aryl methyl sites for hydroxylation is 1. The molecule has 0 fully saturated rings. The van der Waals surface area contributed by atoms with Gasteiger partial charge in [-0.25, -0.2) is 0 Å². The van der Waals surface area contributed by atoms with Crippen LogP contribution < -0.4 is 10.1 Å². The highest BCUT2D eigenvalue weighted by atomic mass is 16.6. The fourth-order valence-corrected chi connectivity index (χ4v) is 2.81. The molecule has 0 bridgehead atoms. The molecule has 0 aliphatic heterocycles. The third-order valence-corrected chi connectivity index (χ3v) is 4.33. The molecule has 0 aliphatic rings. The van der Waals surface area contributed by atoms with Crippen LogP contribution in [-0.2, 0) is 11.3 Å². The molecule has 160 valence electrons. The van der Waals surface area contributed by atoms with Gasteiger partial charge in [0, 0.05) is 12.1 Å². The molecule has 1 atom stereocenters. The summed E-state index contributed by atoms with van der Waals surface area (Å²) in [4.78, 5) is 33.5. The Morgan fingerprint density at radius 2 is 1.87 bits per heavy atom. The Morgan fingerprint density at radius 3 is 2.52 bits per heavy atom. The van der Waals surface area contributed by atoms with Crippen molar-refractivity contribution in [2.45, 2.75) is 20.4 Å². The number of hydrogen-bond donors (Lipinski definition) is 1. The first kappa shape index (κ1) is 21.4. The number of amides is 1. The number of aromatic nitrogens is 2. The Balaban J connectivity index is 1.75. The van der Waals surface area contributed by atoms with Crippen LogP contribution >= 0.6 is 0 Å². The molecule has 3 aromatic rings. The van der Waals surface area contributed by atoms with Crippen LogP contribution in [0.1, 0.15) is 12.5 Å². The predicted molar refractivity (Wildman–Crippen MR) is 111 cm³/mol. The lowest BCUT2D eigenvalue weighted by atomic mass is 10.1. The number of nitrogens with one attached hydrogen (secondary N) is 1. The van der Waals surface area contributed by atoms with E-state index in [9.17, 15) is 25.0 Å². The number of non-ortho nitro benzene ring substituents is 1. The number of rotatable bonds is 8. The first-order chi connectivity index (χ1) is 14.7. The first-order valence-electron chi connectivity index (χ1n) is 9.23. The summed E-state index contributed by atoms with van der Waals surface area (Å²) in [5, 5.41) is 28.5. The van der Waals surface area contributed by atoms with Gasteiger partial charge in [0.25, 0.3) is 5.69 Å². The molecule has 0 spiro atoms. The van der Waals surface area contributed by atoms with Gasteiger partial charge in [-0.2, -0.15) is 5.10 Å². The first-order valence-corrected chi connectivity index (χ1v) is 9.23. The number of nitro groups is 2. The molecule has 31 heavy (non-hydrogen) atoms. The largest absolute Gasteiger partial charge is 0.457 e. The van der Waals surface area contributed by atoms with Crippen LogP contribution in [0, 0.1) is 33.1 Å². The number of carbonyl (C=O) groups excluding carboxylic acids is 1. The van der Waals surface area contributed by atoms with Gasteiger partial charge in [0.05, 0.1) is 34.1 Å². The topological polar surface area (TPSA) is 142 Å². The fraction of sp³-hybridized carbons (Fsp3) is 0.200. The highest BCUT2D eigenvalue weighted by Gasteiger charge is 2.19. The molecule has 0 saturated carbocycles. The molecule has 1 N–H and O–H groups in total. The molecule has 1 amide bonds. The summed E-state index contributed by atoms with van der Waals surface area (Å²) in [5.41, 5.74) is 0.740. The quantitative estimate of drug-likeness (QED) is 0.423. The van der Waals surface area contributed by atoms with Crippen molar-refractivity contribution < 1.29 is 19.4 Å². The molecule has 1 aromatic heterocycles. The van der Waals surface area contributed by atoms with Crippen molar-refractivity contribution >= 4 is 23.0 Å². The molecule has 0 aliphatic carbocycles. The van der Waals surface area contributed by atoms with E-state index < -0.39 is 21.7 Å². The minimum Gasteiger partial charge on any atom is -0.457 e. The van der Waals surface area contributed by atoms with Crippen molar-refractivity contribution in [1.29, 1.82) is 0 Å². The predicted octanol–water partition coefficient (Wildman–Crippen LogP) is 4.08. The van der Waals surface area contributed by atoms with E-state index in [1.165, 1.54) is 29.1 Å². The normalized spacial score (nSPS) is 11.5. The molecule has 2 aromatic carbocycles. The number of anilines is 1. The number of hydrogen-bond acceptors (Lipinski definition) is 7. The van der Waals surface area contributed by atoms with E-state index >= 15 is 0 Å². The minimum atomic E-state index is -0.611. The molecule has 0 saturated heterocycles. The Kier molecular flexibility index (Phi) is 6.24. The summed E-state index contributed by atoms with van der Waals surface area (Å²) in [6.07, 6.45) is 2.32. The summed E-state index contributed by atoms with van der Waals surface area (Å²) in [6, 6.07) is 11.2. The average molecular weight is 425 g/mol. The number of carbonyl (C=O) groups is 1. The molecule has 11 heteroatoms. The van der Waals surface area contributed by atoms with Crippen molar-refractivity contribution in [2.24, 2.45) is 5.92 Å². The lowest BCUT2D eigenvalue weighted by molar-refractivity contribution is -0.385. The maximum absolute atomic E-state index is 12.6. The summed E-state index contributed by atoms with van der Waals surface area (Å²) >= 11 is 0. The van der Waals surface area contributed by atoms with Crippen LogP contribution in [0.5, 0.6) is 11.5 Å². The summed E-state index contributed by atoms with van der Waals surface area (Å²) in [7, 11) is 0. The van der Waals surface area contributed by atoms with Crippen molar-refractivity contribution in [3.63, 3.8) is 0 Å². The smallest absolute Gasteiger partial charge is 0.306 e. The molecule has 1 heterocycles. The minimum absolute atomic E-state index is 0.0985. The van der Waals surface area contributed by atoms with Crippen LogP contribution in [0.15, 0.2) is 54.9 Å². The van der Waals surface area contributed by atoms with E-state index in [0.717, 1.165) is 11.8 Å². The zero-order valence-corrected chi connectivity index (χ0v) is 16.7. The van der Waals surface area contributed by atoms with Crippen LogP contribution in [0.25, 0.3) is 0 Å². The van der Waals surface area contributed by atoms with Gasteiger partial charge in [-0.3, -0.25) is 29.7 Å². The van der Waals surface area contributed by atoms with Crippen molar-refractivity contribution in [3.8, 4) is 11.5 Å². The fourth-order valence-electron chi connectivity index (χ4n) is 2.81. The Labute approximate surface area is 176 Å². The lowest BCUT2D eigenvalue weighted by Crippen LogP contribution is -2.24. The van der Waals surface area contributed by atoms with Crippen LogP contribution in [0.2, 0.25) is 0 Å². The second-order valence-corrected chi connectivity index (χ2v) is 6.96. The molecule has 11 nitrogen and oxygen atoms in total. The van der Waals surface area contributed by atoms with E-state index in [2.05, 4.69) is 10.4 Å². The highest BCUT2D eigenvalue weighted by molar-refractivity contribution is 5.92. The van der Waals surface area contributed by atoms with E-state index in [1.807, 2.05) is 13.0 Å². The van der Waals surface area contributed by atoms with Crippen molar-refractivity contribution in [3.05, 3.63) is 80.7 Å². The van der Waals surface area contributed by atoms with E-state index in [0.29, 0.717) is 5.75 Å². The molecule has 1 unspecified atom stereocenters. The second kappa shape index (κ2) is 9.03. The molecular formula is C20H19N5O6. The van der Waals surface area contributed by atoms with Crippen LogP contribution in [0.4, 0.5) is 17.1 Å². The van der Waals surface area contributed by atoms with Gasteiger partial charge >= 0.3 is 5.69 Å². The zero-order chi connectivity index (χ0) is 22.5. The van der Waals surface area contributed by atoms with Crippen molar-refractivity contribution in [2.75, 3.05) is 5.32 Å². The maximum Gasteiger partial charge on any atom is 0.306 e. The monoisotopic (exact) mass is 425 g/mol. The highest BCUT2D eigenvalue weighted by Crippen LogP contribution is 2.30. The molecule has 0 radical (unpaired) electrons. The lowest BCUT2D eigenvalue weighted by Gasteiger charge is -2.13. The number of nitrogens with zero attached hydrogens (tertiary/aromatic N) is 4. The summed E-state index contributed by atoms with van der Waals surface area (Å²) in [6.45, 7) is 3.60. The van der Waals surface area contributed by atoms with Gasteiger partial charge in [0.2, 0.25) is 5.91 Å². The second-order valence-electron chi connectivity index (χ2n) is 6.96. The van der Waals surface area contributed by atoms with E-state index in [-0.39, 0.29) is 29.4 Å². The summed E-state index contributed by atoms with van der Waals surface area (Å²) < 4.78 is 7.01. The average Bonchev–Trinajstić information content (AvgIpc) is 3.16. The summed E-state index contributed by atoms with van der Waals surface area (Å²) in [5.74, 6) is -0.336. The Morgan fingerprint density at radius 1 is 1.13 bits per heavy atom. The van der Waals surface area contributed by atoms with Gasteiger partial charge in [0.15, 0.2) is 0 Å². The van der Waals surface area contributed by atoms with Crippen LogP contribution in [0.3, 0.4) is 0 Å². The number of ether oxygens (including phenoxy) is 1. The third kappa shape index (κ3) is 5.63. The number of benzene rings is 2. The Bertz CT molecular complexity index is 1140. The molecule has 3 rings (SSSR count). The van der Waals surface area contributed by atoms with Gasteiger partial charge in [0.1, 0.15) is 23.9 Å². The van der Waals surface area contributed by atoms with Crippen molar-refractivity contribution in [1.82, 2.24) is 9.78 Å².